The Kier molecular flexibility index (Phi) is 3.83. The van der Waals surface area contributed by atoms with Crippen LogP contribution in [0.5, 0.6) is 0 Å². The first-order valence-corrected chi connectivity index (χ1v) is 5.96. The molecule has 6 heteroatoms. The minimum atomic E-state index is -0.831. The number of nitrogens with one attached hydrogen (secondary N) is 1. The molecule has 0 saturated carbocycles. The number of hydrogen-bond acceptors (Lipinski definition) is 3. The smallest absolute Gasteiger partial charge is 0.177 e. The summed E-state index contributed by atoms with van der Waals surface area (Å²) in [5.41, 5.74) is 0.732. The van der Waals surface area contributed by atoms with Gasteiger partial charge in [-0.2, -0.15) is 0 Å². The number of imidazole rings is 1. The molecule has 0 aliphatic heterocycles. The van der Waals surface area contributed by atoms with E-state index in [1.54, 1.807) is 17.0 Å². The Bertz CT molecular complexity index is 356. The molecule has 1 aromatic heterocycles. The van der Waals surface area contributed by atoms with Gasteiger partial charge in [0.05, 0.1) is 12.3 Å². The largest absolute Gasteiger partial charge is 0.390 e. The molecule has 0 radical (unpaired) electrons. The van der Waals surface area contributed by atoms with Crippen molar-refractivity contribution in [2.75, 3.05) is 12.0 Å². The molecule has 13 heavy (non-hydrogen) atoms. The molecular formula is C7H12N2O2S2. The maximum absolute atomic E-state index is 10.8. The molecule has 1 unspecified atom stereocenters. The molecule has 74 valence electrons. The third-order valence-electron chi connectivity index (χ3n) is 1.72. The minimum absolute atomic E-state index is 0.0521. The summed E-state index contributed by atoms with van der Waals surface area (Å²) in [6.45, 7) is 0.533. The van der Waals surface area contributed by atoms with Crippen molar-refractivity contribution in [3.63, 3.8) is 0 Å². The monoisotopic (exact) mass is 220 g/mol. The maximum atomic E-state index is 10.8. The first-order valence-electron chi connectivity index (χ1n) is 3.83. The number of aromatic amines is 1. The Labute approximate surface area is 84.1 Å². The fraction of sp³-hybridized carbons (Fsp3) is 0.571. The minimum Gasteiger partial charge on any atom is -0.390 e. The quantitative estimate of drug-likeness (QED) is 0.723. The lowest BCUT2D eigenvalue weighted by Gasteiger charge is -2.03. The van der Waals surface area contributed by atoms with Crippen LogP contribution in [0.15, 0.2) is 6.20 Å². The molecule has 1 rings (SSSR count). The highest BCUT2D eigenvalue weighted by atomic mass is 32.2. The van der Waals surface area contributed by atoms with Crippen molar-refractivity contribution in [3.8, 4) is 0 Å². The number of hydrogen-bond donors (Lipinski definition) is 2. The molecule has 0 aromatic carbocycles. The number of aromatic nitrogens is 2. The molecule has 0 aliphatic carbocycles. The van der Waals surface area contributed by atoms with Gasteiger partial charge in [0.25, 0.3) is 0 Å². The highest BCUT2D eigenvalue weighted by Gasteiger charge is 2.02. The van der Waals surface area contributed by atoms with E-state index in [1.807, 2.05) is 0 Å². The number of rotatable bonds is 4. The average Bonchev–Trinajstić information content (AvgIpc) is 2.43. The summed E-state index contributed by atoms with van der Waals surface area (Å²) in [6.07, 6.45) is 3.32. The summed E-state index contributed by atoms with van der Waals surface area (Å²) in [5.74, 6) is 0.555. The van der Waals surface area contributed by atoms with Crippen molar-refractivity contribution in [2.45, 2.75) is 13.2 Å². The van der Waals surface area contributed by atoms with E-state index in [0.29, 0.717) is 17.1 Å². The van der Waals surface area contributed by atoms with E-state index in [9.17, 15) is 4.21 Å². The van der Waals surface area contributed by atoms with Crippen molar-refractivity contribution in [2.24, 2.45) is 0 Å². The predicted molar refractivity (Wildman–Crippen MR) is 54.5 cm³/mol. The molecule has 0 amide bonds. The number of H-pyrrole nitrogens is 1. The van der Waals surface area contributed by atoms with Gasteiger partial charge in [-0.3, -0.25) is 4.21 Å². The third kappa shape index (κ3) is 2.75. The van der Waals surface area contributed by atoms with Gasteiger partial charge in [0.1, 0.15) is 0 Å². The summed E-state index contributed by atoms with van der Waals surface area (Å²) in [5, 5.41) is 8.93. The van der Waals surface area contributed by atoms with E-state index in [2.05, 4.69) is 4.98 Å². The van der Waals surface area contributed by atoms with E-state index in [0.717, 1.165) is 5.69 Å². The first kappa shape index (κ1) is 10.6. The Morgan fingerprint density at radius 1 is 1.77 bits per heavy atom. The van der Waals surface area contributed by atoms with Crippen molar-refractivity contribution in [1.29, 1.82) is 0 Å². The van der Waals surface area contributed by atoms with Gasteiger partial charge in [0.2, 0.25) is 0 Å². The zero-order valence-electron chi connectivity index (χ0n) is 7.32. The molecule has 1 heterocycles. The number of aliphatic hydroxyl groups is 1. The molecule has 1 atom stereocenters. The lowest BCUT2D eigenvalue weighted by atomic mass is 10.5. The number of nitrogens with zero attached hydrogens (tertiary/aromatic N) is 1. The summed E-state index contributed by atoms with van der Waals surface area (Å²) in [7, 11) is -0.831. The lowest BCUT2D eigenvalue weighted by molar-refractivity contribution is 0.271. The number of aliphatic hydroxyl groups excluding tert-OH is 1. The van der Waals surface area contributed by atoms with Crippen LogP contribution in [0.4, 0.5) is 0 Å². The van der Waals surface area contributed by atoms with Crippen LogP contribution in [0.3, 0.4) is 0 Å². The first-order chi connectivity index (χ1) is 6.15. The molecule has 2 N–H and O–H groups in total. The van der Waals surface area contributed by atoms with Gasteiger partial charge in [0, 0.05) is 35.5 Å². The standard InChI is InChI=1S/C7H12N2O2S2/c1-13(11)3-2-9-6(5-10)4-8-7(9)12/h4,10H,2-3,5H2,1H3,(H,8,12). The molecule has 0 aliphatic rings. The molecule has 0 spiro atoms. The second-order valence-corrected chi connectivity index (χ2v) is 4.61. The van der Waals surface area contributed by atoms with E-state index >= 15 is 0 Å². The molecule has 0 saturated heterocycles. The van der Waals surface area contributed by atoms with E-state index in [4.69, 9.17) is 17.3 Å². The SMILES string of the molecule is CS(=O)CCn1c(CO)c[nH]c1=S. The van der Waals surface area contributed by atoms with Crippen LogP contribution in [-0.4, -0.2) is 30.9 Å². The van der Waals surface area contributed by atoms with Gasteiger partial charge in [-0.25, -0.2) is 0 Å². The predicted octanol–water partition coefficient (Wildman–Crippen LogP) is 0.416. The van der Waals surface area contributed by atoms with Crippen LogP contribution in [0, 0.1) is 4.77 Å². The second-order valence-electron chi connectivity index (χ2n) is 2.67. The van der Waals surface area contributed by atoms with Crippen LogP contribution in [0.1, 0.15) is 5.69 Å². The van der Waals surface area contributed by atoms with Crippen LogP contribution < -0.4 is 0 Å². The van der Waals surface area contributed by atoms with Gasteiger partial charge in [0.15, 0.2) is 4.77 Å². The van der Waals surface area contributed by atoms with Gasteiger partial charge in [-0.1, -0.05) is 0 Å². The molecule has 0 bridgehead atoms. The van der Waals surface area contributed by atoms with Crippen molar-refractivity contribution in [3.05, 3.63) is 16.7 Å². The summed E-state index contributed by atoms with van der Waals surface area (Å²) in [4.78, 5) is 2.83. The highest BCUT2D eigenvalue weighted by Crippen LogP contribution is 2.01. The molecule has 0 fully saturated rings. The summed E-state index contributed by atoms with van der Waals surface area (Å²) >= 11 is 4.99. The Morgan fingerprint density at radius 3 is 3.00 bits per heavy atom. The van der Waals surface area contributed by atoms with Gasteiger partial charge in [-0.15, -0.1) is 0 Å². The Hall–Kier alpha value is -0.460. The highest BCUT2D eigenvalue weighted by molar-refractivity contribution is 7.84. The molecule has 4 nitrogen and oxygen atoms in total. The molecule has 1 aromatic rings. The second kappa shape index (κ2) is 4.69. The van der Waals surface area contributed by atoms with Crippen molar-refractivity contribution in [1.82, 2.24) is 9.55 Å². The lowest BCUT2D eigenvalue weighted by Crippen LogP contribution is -2.09. The van der Waals surface area contributed by atoms with Crippen molar-refractivity contribution >= 4 is 23.0 Å². The maximum Gasteiger partial charge on any atom is 0.177 e. The van der Waals surface area contributed by atoms with E-state index in [1.165, 1.54) is 0 Å². The van der Waals surface area contributed by atoms with Crippen LogP contribution in [0.2, 0.25) is 0 Å². The Morgan fingerprint density at radius 2 is 2.46 bits per heavy atom. The zero-order chi connectivity index (χ0) is 9.84. The summed E-state index contributed by atoms with van der Waals surface area (Å²) in [6, 6.07) is 0. The molecular weight excluding hydrogens is 208 g/mol. The van der Waals surface area contributed by atoms with Crippen LogP contribution in [-0.2, 0) is 24.0 Å². The van der Waals surface area contributed by atoms with E-state index in [-0.39, 0.29) is 6.61 Å². The fourth-order valence-corrected chi connectivity index (χ4v) is 1.73. The van der Waals surface area contributed by atoms with Crippen LogP contribution in [0.25, 0.3) is 0 Å². The van der Waals surface area contributed by atoms with Gasteiger partial charge >= 0.3 is 0 Å². The normalized spacial score (nSPS) is 13.1. The Balaban J connectivity index is 2.79. The summed E-state index contributed by atoms with van der Waals surface area (Å²) < 4.78 is 13.2. The zero-order valence-corrected chi connectivity index (χ0v) is 8.95. The van der Waals surface area contributed by atoms with Gasteiger partial charge < -0.3 is 14.7 Å². The topological polar surface area (TPSA) is 58.0 Å². The fourth-order valence-electron chi connectivity index (χ4n) is 1.03. The third-order valence-corrected chi connectivity index (χ3v) is 2.81. The average molecular weight is 220 g/mol. The van der Waals surface area contributed by atoms with Crippen LogP contribution >= 0.6 is 12.2 Å². The van der Waals surface area contributed by atoms with E-state index < -0.39 is 10.8 Å². The van der Waals surface area contributed by atoms with Crippen molar-refractivity contribution < 1.29 is 9.32 Å². The van der Waals surface area contributed by atoms with Gasteiger partial charge in [-0.05, 0) is 12.2 Å².